The number of hydrogen-bond acceptors (Lipinski definition) is 2. The average molecular weight is 391 g/mol. The van der Waals surface area contributed by atoms with Crippen molar-refractivity contribution in [1.82, 2.24) is 0 Å². The molecule has 0 aromatic carbocycles. The molecular formula is C24H42O2Si. The third-order valence-corrected chi connectivity index (χ3v) is 13.5. The van der Waals surface area contributed by atoms with Gasteiger partial charge in [-0.15, -0.1) is 0 Å². The Kier molecular flexibility index (Phi) is 5.17. The van der Waals surface area contributed by atoms with E-state index in [2.05, 4.69) is 60.7 Å². The number of ketones is 1. The van der Waals surface area contributed by atoms with Crippen LogP contribution in [-0.4, -0.2) is 20.7 Å². The first-order valence-corrected chi connectivity index (χ1v) is 14.1. The van der Waals surface area contributed by atoms with Crippen LogP contribution in [0, 0.1) is 22.2 Å². The quantitative estimate of drug-likeness (QED) is 0.386. The summed E-state index contributed by atoms with van der Waals surface area (Å²) in [5, 5.41) is 0.253. The molecule has 154 valence electrons. The van der Waals surface area contributed by atoms with E-state index in [0.717, 1.165) is 19.4 Å². The summed E-state index contributed by atoms with van der Waals surface area (Å²) in [7, 11) is -1.76. The SMILES string of the molecule is CC1(C)C(=O)CC[C@]2(C)C3=CCCC[C@]3(CO[Si](C)(C)C(C)(C)C)CC[C@@H]12. The van der Waals surface area contributed by atoms with Crippen LogP contribution < -0.4 is 0 Å². The summed E-state index contributed by atoms with van der Waals surface area (Å²) < 4.78 is 6.82. The number of carbonyl (C=O) groups excluding carboxylic acids is 1. The summed E-state index contributed by atoms with van der Waals surface area (Å²) in [5.74, 6) is 0.961. The van der Waals surface area contributed by atoms with Crippen molar-refractivity contribution in [2.45, 2.75) is 105 Å². The third-order valence-electron chi connectivity index (χ3n) is 9.05. The second kappa shape index (κ2) is 6.55. The van der Waals surface area contributed by atoms with Gasteiger partial charge in [-0.25, -0.2) is 0 Å². The molecule has 27 heavy (non-hydrogen) atoms. The van der Waals surface area contributed by atoms with Crippen molar-refractivity contribution in [3.63, 3.8) is 0 Å². The molecule has 0 aromatic heterocycles. The van der Waals surface area contributed by atoms with Gasteiger partial charge in [-0.3, -0.25) is 4.79 Å². The van der Waals surface area contributed by atoms with Crippen LogP contribution in [0.15, 0.2) is 11.6 Å². The van der Waals surface area contributed by atoms with Gasteiger partial charge in [0.15, 0.2) is 8.32 Å². The molecule has 0 N–H and O–H groups in total. The van der Waals surface area contributed by atoms with Crippen LogP contribution in [0.4, 0.5) is 0 Å². The normalized spacial score (nSPS) is 36.7. The number of rotatable bonds is 3. The Balaban J connectivity index is 1.93. The van der Waals surface area contributed by atoms with Gasteiger partial charge in [-0.1, -0.05) is 53.2 Å². The first-order chi connectivity index (χ1) is 12.3. The minimum Gasteiger partial charge on any atom is -0.416 e. The standard InChI is InChI=1S/C24H42O2Si/c1-21(2,3)27(7,8)26-17-24-14-10-9-11-19(24)23(6)15-13-20(25)22(4,5)18(23)12-16-24/h11,18H,9-10,12-17H2,1-8H3/t18-,23-,24+/m0/s1. The molecule has 0 unspecified atom stereocenters. The van der Waals surface area contributed by atoms with Crippen LogP contribution in [-0.2, 0) is 9.22 Å². The lowest BCUT2D eigenvalue weighted by Crippen LogP contribution is -2.56. The minimum absolute atomic E-state index is 0.173. The fourth-order valence-electron chi connectivity index (χ4n) is 6.18. The summed E-state index contributed by atoms with van der Waals surface area (Å²) >= 11 is 0. The molecule has 0 aliphatic heterocycles. The molecule has 0 saturated heterocycles. The Hall–Kier alpha value is -0.413. The zero-order valence-electron chi connectivity index (χ0n) is 19.1. The summed E-state index contributed by atoms with van der Waals surface area (Å²) in [6.07, 6.45) is 10.5. The van der Waals surface area contributed by atoms with Crippen molar-refractivity contribution in [3.05, 3.63) is 11.6 Å². The molecule has 3 aliphatic rings. The van der Waals surface area contributed by atoms with E-state index in [1.807, 2.05) is 0 Å². The Morgan fingerprint density at radius 3 is 2.44 bits per heavy atom. The molecule has 3 aliphatic carbocycles. The van der Waals surface area contributed by atoms with Crippen LogP contribution in [0.5, 0.6) is 0 Å². The molecule has 3 rings (SSSR count). The predicted octanol–water partition coefficient (Wildman–Crippen LogP) is 6.91. The third kappa shape index (κ3) is 3.31. The van der Waals surface area contributed by atoms with Crippen LogP contribution >= 0.6 is 0 Å². The van der Waals surface area contributed by atoms with Crippen LogP contribution in [0.1, 0.15) is 86.5 Å². The van der Waals surface area contributed by atoms with E-state index in [1.54, 1.807) is 5.57 Å². The van der Waals surface area contributed by atoms with E-state index in [4.69, 9.17) is 4.43 Å². The number of carbonyl (C=O) groups is 1. The molecule has 0 aromatic rings. The van der Waals surface area contributed by atoms with Gasteiger partial charge in [0.05, 0.1) is 0 Å². The van der Waals surface area contributed by atoms with Crippen molar-refractivity contribution in [2.24, 2.45) is 22.2 Å². The molecule has 0 spiro atoms. The highest BCUT2D eigenvalue weighted by molar-refractivity contribution is 6.74. The number of fused-ring (bicyclic) bond motifs is 3. The Morgan fingerprint density at radius 2 is 1.81 bits per heavy atom. The number of hydrogen-bond donors (Lipinski definition) is 0. The minimum atomic E-state index is -1.76. The zero-order chi connectivity index (χ0) is 20.3. The highest BCUT2D eigenvalue weighted by Crippen LogP contribution is 2.65. The monoisotopic (exact) mass is 390 g/mol. The average Bonchev–Trinajstić information content (AvgIpc) is 2.56. The van der Waals surface area contributed by atoms with Gasteiger partial charge in [0.2, 0.25) is 0 Å². The van der Waals surface area contributed by atoms with E-state index in [9.17, 15) is 4.79 Å². The molecule has 0 heterocycles. The first kappa shape index (κ1) is 21.3. The molecule has 0 bridgehead atoms. The second-order valence-corrected chi connectivity index (χ2v) is 16.8. The maximum absolute atomic E-state index is 12.7. The molecule has 0 amide bonds. The Bertz CT molecular complexity index is 639. The predicted molar refractivity (Wildman–Crippen MR) is 116 cm³/mol. The van der Waals surface area contributed by atoms with Gasteiger partial charge in [0, 0.05) is 23.9 Å². The van der Waals surface area contributed by atoms with Crippen molar-refractivity contribution < 1.29 is 9.22 Å². The van der Waals surface area contributed by atoms with Gasteiger partial charge in [-0.05, 0) is 68.0 Å². The van der Waals surface area contributed by atoms with Crippen molar-refractivity contribution in [2.75, 3.05) is 6.61 Å². The molecule has 0 radical (unpaired) electrons. The smallest absolute Gasteiger partial charge is 0.192 e. The molecule has 3 atom stereocenters. The van der Waals surface area contributed by atoms with Crippen molar-refractivity contribution in [3.8, 4) is 0 Å². The lowest BCUT2D eigenvalue weighted by atomic mass is 9.44. The van der Waals surface area contributed by atoms with Gasteiger partial charge in [0.25, 0.3) is 0 Å². The van der Waals surface area contributed by atoms with Gasteiger partial charge < -0.3 is 4.43 Å². The lowest BCUT2D eigenvalue weighted by molar-refractivity contribution is -0.142. The molecule has 2 nitrogen and oxygen atoms in total. The number of Topliss-reactive ketones (excluding diaryl/α,β-unsaturated/α-hetero) is 1. The van der Waals surface area contributed by atoms with Crippen LogP contribution in [0.3, 0.4) is 0 Å². The van der Waals surface area contributed by atoms with E-state index in [-0.39, 0.29) is 21.3 Å². The maximum atomic E-state index is 12.7. The highest BCUT2D eigenvalue weighted by Gasteiger charge is 2.59. The second-order valence-electron chi connectivity index (χ2n) is 12.0. The zero-order valence-corrected chi connectivity index (χ0v) is 20.1. The largest absolute Gasteiger partial charge is 0.416 e. The Labute approximate surface area is 168 Å². The van der Waals surface area contributed by atoms with Crippen molar-refractivity contribution >= 4 is 14.1 Å². The molecule has 2 saturated carbocycles. The highest BCUT2D eigenvalue weighted by atomic mass is 28.4. The number of allylic oxidation sites excluding steroid dienone is 1. The first-order valence-electron chi connectivity index (χ1n) is 11.1. The van der Waals surface area contributed by atoms with E-state index < -0.39 is 8.32 Å². The van der Waals surface area contributed by atoms with Crippen LogP contribution in [0.25, 0.3) is 0 Å². The molecule has 3 heteroatoms. The summed E-state index contributed by atoms with van der Waals surface area (Å²) in [4.78, 5) is 12.7. The molecule has 2 fully saturated rings. The maximum Gasteiger partial charge on any atom is 0.192 e. The van der Waals surface area contributed by atoms with E-state index in [0.29, 0.717) is 11.7 Å². The summed E-state index contributed by atoms with van der Waals surface area (Å²) in [6, 6.07) is 0. The van der Waals surface area contributed by atoms with Crippen LogP contribution in [0.2, 0.25) is 18.1 Å². The van der Waals surface area contributed by atoms with E-state index in [1.165, 1.54) is 32.1 Å². The fraction of sp³-hybridized carbons (Fsp3) is 0.875. The Morgan fingerprint density at radius 1 is 1.15 bits per heavy atom. The van der Waals surface area contributed by atoms with Gasteiger partial charge in [0.1, 0.15) is 5.78 Å². The van der Waals surface area contributed by atoms with Gasteiger partial charge in [-0.2, -0.15) is 0 Å². The topological polar surface area (TPSA) is 26.3 Å². The van der Waals surface area contributed by atoms with E-state index >= 15 is 0 Å². The summed E-state index contributed by atoms with van der Waals surface area (Å²) in [5.41, 5.74) is 1.87. The summed E-state index contributed by atoms with van der Waals surface area (Å²) in [6.45, 7) is 19.6. The lowest BCUT2D eigenvalue weighted by Gasteiger charge is -2.61. The molecular weight excluding hydrogens is 348 g/mol. The van der Waals surface area contributed by atoms with Crippen molar-refractivity contribution in [1.29, 1.82) is 0 Å². The van der Waals surface area contributed by atoms with Gasteiger partial charge >= 0.3 is 0 Å². The fourth-order valence-corrected chi connectivity index (χ4v) is 7.25.